The minimum absolute atomic E-state index is 0.491. The quantitative estimate of drug-likeness (QED) is 0.638. The fourth-order valence-electron chi connectivity index (χ4n) is 2.99. The topological polar surface area (TPSA) is 9.23 Å². The highest BCUT2D eigenvalue weighted by atomic mass is 16.5. The Morgan fingerprint density at radius 3 is 2.69 bits per heavy atom. The second kappa shape index (κ2) is 3.97. The molecule has 1 saturated carbocycles. The largest absolute Gasteiger partial charge is 0.472 e. The molecule has 1 fully saturated rings. The molecule has 1 aliphatic heterocycles. The average Bonchev–Trinajstić information content (AvgIpc) is 2.82. The summed E-state index contributed by atoms with van der Waals surface area (Å²) < 4.78 is 5.54. The van der Waals surface area contributed by atoms with E-state index in [1.54, 1.807) is 0 Å². The molecule has 0 amide bonds. The van der Waals surface area contributed by atoms with Crippen LogP contribution in [0, 0.1) is 11.8 Å². The zero-order valence-electron chi connectivity index (χ0n) is 9.78. The molecule has 1 nitrogen and oxygen atoms in total. The Morgan fingerprint density at radius 2 is 1.88 bits per heavy atom. The number of ether oxygens (including phenoxy) is 1. The Kier molecular flexibility index (Phi) is 2.47. The molecule has 2 aliphatic carbocycles. The highest BCUT2D eigenvalue weighted by Crippen LogP contribution is 2.41. The van der Waals surface area contributed by atoms with Crippen LogP contribution in [0.1, 0.15) is 32.6 Å². The van der Waals surface area contributed by atoms with Crippen LogP contribution in [0.5, 0.6) is 0 Å². The lowest BCUT2D eigenvalue weighted by atomic mass is 9.80. The molecule has 1 heterocycles. The van der Waals surface area contributed by atoms with Crippen molar-refractivity contribution < 1.29 is 4.74 Å². The lowest BCUT2D eigenvalue weighted by molar-refractivity contribution is 0.374. The Labute approximate surface area is 97.2 Å². The number of fused-ring (bicyclic) bond motifs is 1. The van der Waals surface area contributed by atoms with E-state index in [1.165, 1.54) is 42.4 Å². The Hall–Kier alpha value is -1.24. The molecule has 0 spiro atoms. The van der Waals surface area contributed by atoms with Gasteiger partial charge in [-0.1, -0.05) is 38.0 Å². The summed E-state index contributed by atoms with van der Waals surface area (Å²) in [6, 6.07) is 0. The van der Waals surface area contributed by atoms with E-state index in [0.29, 0.717) is 5.92 Å². The first-order valence-corrected chi connectivity index (χ1v) is 6.31. The van der Waals surface area contributed by atoms with Gasteiger partial charge in [0, 0.05) is 11.5 Å². The van der Waals surface area contributed by atoms with E-state index >= 15 is 0 Å². The molecule has 0 bridgehead atoms. The lowest BCUT2D eigenvalue weighted by Crippen LogP contribution is -2.13. The molecule has 16 heavy (non-hydrogen) atoms. The highest BCUT2D eigenvalue weighted by Gasteiger charge is 2.28. The first-order chi connectivity index (χ1) is 7.86. The van der Waals surface area contributed by atoms with Gasteiger partial charge in [-0.25, -0.2) is 0 Å². The van der Waals surface area contributed by atoms with Gasteiger partial charge < -0.3 is 4.74 Å². The standard InChI is InChI=1S/C15H18O/c1-11-5-4-8-13-14(11)9-16-10-15(13)12-6-2-3-7-12/h4-5,8-12H,2-3,6-7H2,1H3. The summed E-state index contributed by atoms with van der Waals surface area (Å²) in [4.78, 5) is 0. The van der Waals surface area contributed by atoms with Gasteiger partial charge in [-0.3, -0.25) is 0 Å². The third kappa shape index (κ3) is 1.55. The average molecular weight is 214 g/mol. The van der Waals surface area contributed by atoms with Crippen molar-refractivity contribution in [2.24, 2.45) is 11.8 Å². The predicted molar refractivity (Wildman–Crippen MR) is 65.6 cm³/mol. The van der Waals surface area contributed by atoms with Gasteiger partial charge in [-0.2, -0.15) is 0 Å². The summed E-state index contributed by atoms with van der Waals surface area (Å²) in [6.07, 6.45) is 16.0. The molecule has 1 heteroatoms. The van der Waals surface area contributed by atoms with Crippen molar-refractivity contribution in [3.63, 3.8) is 0 Å². The zero-order chi connectivity index (χ0) is 11.0. The third-order valence-electron chi connectivity index (χ3n) is 3.96. The van der Waals surface area contributed by atoms with Gasteiger partial charge in [0.25, 0.3) is 0 Å². The van der Waals surface area contributed by atoms with Crippen LogP contribution in [0.15, 0.2) is 47.5 Å². The molecule has 0 radical (unpaired) electrons. The fourth-order valence-corrected chi connectivity index (χ4v) is 2.99. The van der Waals surface area contributed by atoms with Crippen molar-refractivity contribution in [1.82, 2.24) is 0 Å². The van der Waals surface area contributed by atoms with E-state index in [9.17, 15) is 0 Å². The van der Waals surface area contributed by atoms with Crippen LogP contribution in [0.2, 0.25) is 0 Å². The Morgan fingerprint density at radius 1 is 1.12 bits per heavy atom. The van der Waals surface area contributed by atoms with Gasteiger partial charge >= 0.3 is 0 Å². The third-order valence-corrected chi connectivity index (χ3v) is 3.96. The molecular weight excluding hydrogens is 196 g/mol. The first-order valence-electron chi connectivity index (χ1n) is 6.31. The molecule has 1 atom stereocenters. The van der Waals surface area contributed by atoms with Crippen LogP contribution in [-0.4, -0.2) is 0 Å². The highest BCUT2D eigenvalue weighted by molar-refractivity contribution is 5.54. The van der Waals surface area contributed by atoms with Crippen LogP contribution in [0.4, 0.5) is 0 Å². The van der Waals surface area contributed by atoms with E-state index in [4.69, 9.17) is 4.74 Å². The molecule has 3 rings (SSSR count). The van der Waals surface area contributed by atoms with Gasteiger partial charge in [-0.15, -0.1) is 0 Å². The normalized spacial score (nSPS) is 29.1. The van der Waals surface area contributed by atoms with Crippen molar-refractivity contribution in [1.29, 1.82) is 0 Å². The Bertz CT molecular complexity index is 403. The van der Waals surface area contributed by atoms with Crippen molar-refractivity contribution in [2.75, 3.05) is 0 Å². The first kappa shape index (κ1) is 9.95. The predicted octanol–water partition coefficient (Wildman–Crippen LogP) is 4.11. The van der Waals surface area contributed by atoms with Crippen molar-refractivity contribution in [2.45, 2.75) is 32.6 Å². The van der Waals surface area contributed by atoms with Crippen molar-refractivity contribution in [3.05, 3.63) is 47.5 Å². The van der Waals surface area contributed by atoms with Gasteiger partial charge in [0.15, 0.2) is 0 Å². The maximum absolute atomic E-state index is 5.54. The van der Waals surface area contributed by atoms with Crippen molar-refractivity contribution >= 4 is 0 Å². The second-order valence-electron chi connectivity index (χ2n) is 5.02. The number of allylic oxidation sites excluding steroid dienone is 6. The number of rotatable bonds is 1. The summed E-state index contributed by atoms with van der Waals surface area (Å²) in [5.74, 6) is 1.22. The molecule has 0 N–H and O–H groups in total. The monoisotopic (exact) mass is 214 g/mol. The summed E-state index contributed by atoms with van der Waals surface area (Å²) in [6.45, 7) is 2.23. The van der Waals surface area contributed by atoms with Crippen molar-refractivity contribution in [3.8, 4) is 0 Å². The maximum Gasteiger partial charge on any atom is 0.0945 e. The van der Waals surface area contributed by atoms with Crippen LogP contribution in [-0.2, 0) is 4.74 Å². The number of hydrogen-bond donors (Lipinski definition) is 0. The molecule has 1 unspecified atom stereocenters. The van der Waals surface area contributed by atoms with Crippen LogP contribution < -0.4 is 0 Å². The summed E-state index contributed by atoms with van der Waals surface area (Å²) in [7, 11) is 0. The fraction of sp³-hybridized carbons (Fsp3) is 0.467. The smallest absolute Gasteiger partial charge is 0.0945 e. The zero-order valence-corrected chi connectivity index (χ0v) is 9.78. The second-order valence-corrected chi connectivity index (χ2v) is 5.02. The molecule has 0 saturated heterocycles. The van der Waals surface area contributed by atoms with Crippen LogP contribution >= 0.6 is 0 Å². The van der Waals surface area contributed by atoms with Gasteiger partial charge in [0.1, 0.15) is 0 Å². The van der Waals surface area contributed by atoms with Gasteiger partial charge in [-0.05, 0) is 29.9 Å². The molecule has 3 aliphatic rings. The molecule has 0 aromatic heterocycles. The lowest BCUT2D eigenvalue weighted by Gasteiger charge is -2.27. The van der Waals surface area contributed by atoms with E-state index in [2.05, 4.69) is 25.2 Å². The minimum atomic E-state index is 0.491. The minimum Gasteiger partial charge on any atom is -0.472 e. The van der Waals surface area contributed by atoms with E-state index in [1.807, 2.05) is 12.5 Å². The van der Waals surface area contributed by atoms with Gasteiger partial charge in [0.05, 0.1) is 12.5 Å². The SMILES string of the molecule is CC1C=CC=C2C1=COC=C2C1CCCC1. The van der Waals surface area contributed by atoms with Crippen LogP contribution in [0.25, 0.3) is 0 Å². The van der Waals surface area contributed by atoms with E-state index < -0.39 is 0 Å². The molecular formula is C15H18O. The molecule has 0 aromatic rings. The van der Waals surface area contributed by atoms with Crippen LogP contribution in [0.3, 0.4) is 0 Å². The van der Waals surface area contributed by atoms with E-state index in [0.717, 1.165) is 5.92 Å². The summed E-state index contributed by atoms with van der Waals surface area (Å²) >= 11 is 0. The Balaban J connectivity index is 1.93. The van der Waals surface area contributed by atoms with E-state index in [-0.39, 0.29) is 0 Å². The van der Waals surface area contributed by atoms with Gasteiger partial charge in [0.2, 0.25) is 0 Å². The number of hydrogen-bond acceptors (Lipinski definition) is 1. The molecule has 0 aromatic carbocycles. The maximum atomic E-state index is 5.54. The summed E-state index contributed by atoms with van der Waals surface area (Å²) in [5.41, 5.74) is 4.21. The summed E-state index contributed by atoms with van der Waals surface area (Å²) in [5, 5.41) is 0. The molecule has 84 valence electrons.